The zero-order valence-electron chi connectivity index (χ0n) is 16.9. The quantitative estimate of drug-likeness (QED) is 0.144. The second-order valence-corrected chi connectivity index (χ2v) is 9.22. The molecule has 0 saturated heterocycles. The molecule has 4 aromatic carbocycles. The van der Waals surface area contributed by atoms with Crippen LogP contribution in [0.1, 0.15) is 7.43 Å². The average molecular weight is 755 g/mol. The van der Waals surface area contributed by atoms with E-state index in [4.69, 9.17) is 32.0 Å². The van der Waals surface area contributed by atoms with E-state index in [-0.39, 0.29) is 12.8 Å². The Morgan fingerprint density at radius 3 is 1.24 bits per heavy atom. The fraction of sp³-hybridized carbons (Fsp3) is 0.0769. The zero-order chi connectivity index (χ0) is 23.8. The SMILES string of the molecule is BrBr.Brc1ccc2oc3ccc(Br)cc3c2c1.C.ClCCl.c1ccc2c(c1)oc1ccccc12. The first-order valence-electron chi connectivity index (χ1n) is 9.50. The molecule has 2 nitrogen and oxygen atoms in total. The molecule has 2 aromatic heterocycles. The second-order valence-electron chi connectivity index (χ2n) is 6.58. The van der Waals surface area contributed by atoms with Crippen LogP contribution < -0.4 is 0 Å². The lowest BCUT2D eigenvalue weighted by Crippen LogP contribution is -1.67. The molecule has 0 aliphatic heterocycles. The summed E-state index contributed by atoms with van der Waals surface area (Å²) in [6, 6.07) is 28.3. The van der Waals surface area contributed by atoms with Gasteiger partial charge in [0.1, 0.15) is 22.3 Å². The van der Waals surface area contributed by atoms with Gasteiger partial charge >= 0.3 is 0 Å². The summed E-state index contributed by atoms with van der Waals surface area (Å²) in [4.78, 5) is 0. The van der Waals surface area contributed by atoms with Gasteiger partial charge in [-0.15, -0.1) is 23.2 Å². The summed E-state index contributed by atoms with van der Waals surface area (Å²) < 4.78 is 13.5. The topological polar surface area (TPSA) is 26.3 Å². The molecule has 34 heavy (non-hydrogen) atoms. The van der Waals surface area contributed by atoms with Gasteiger partial charge in [0.2, 0.25) is 0 Å². The summed E-state index contributed by atoms with van der Waals surface area (Å²) >= 11 is 22.0. The minimum atomic E-state index is 0. The maximum atomic E-state index is 5.72. The molecule has 0 amide bonds. The Kier molecular flexibility index (Phi) is 12.5. The van der Waals surface area contributed by atoms with Crippen LogP contribution in [-0.4, -0.2) is 5.34 Å². The molecule has 0 spiro atoms. The van der Waals surface area contributed by atoms with Crippen molar-refractivity contribution in [3.8, 4) is 0 Å². The van der Waals surface area contributed by atoms with Crippen LogP contribution in [0.25, 0.3) is 43.9 Å². The minimum Gasteiger partial charge on any atom is -0.456 e. The normalized spacial score (nSPS) is 9.94. The van der Waals surface area contributed by atoms with E-state index >= 15 is 0 Å². The van der Waals surface area contributed by atoms with Crippen LogP contribution in [0.3, 0.4) is 0 Å². The molecular weight excluding hydrogens is 735 g/mol. The predicted molar refractivity (Wildman–Crippen MR) is 164 cm³/mol. The van der Waals surface area contributed by atoms with E-state index in [1.807, 2.05) is 60.7 Å². The maximum absolute atomic E-state index is 5.72. The van der Waals surface area contributed by atoms with Gasteiger partial charge in [0.25, 0.3) is 0 Å². The number of para-hydroxylation sites is 2. The molecule has 0 saturated carbocycles. The molecule has 0 bridgehead atoms. The standard InChI is InChI=1S/C12H6Br2O.C12H8O.CH2Cl2.CH4.Br2/c13-7-1-3-11-9(5-7)10-6-8(14)2-4-12(10)15-11;1-3-7-11-9(5-1)10-6-2-4-8-12(10)13-11;2-1-3;;1-2/h1-6H;1-8H;1H2;1H4;. The van der Waals surface area contributed by atoms with Gasteiger partial charge in [-0.3, -0.25) is 0 Å². The molecule has 6 rings (SSSR count). The number of hydrogen-bond acceptors (Lipinski definition) is 2. The minimum absolute atomic E-state index is 0. The largest absolute Gasteiger partial charge is 0.456 e. The average Bonchev–Trinajstić information content (AvgIpc) is 3.39. The molecule has 0 fully saturated rings. The van der Waals surface area contributed by atoms with Crippen molar-refractivity contribution in [3.63, 3.8) is 0 Å². The van der Waals surface area contributed by atoms with Crippen LogP contribution in [0.5, 0.6) is 0 Å². The summed E-state index contributed by atoms with van der Waals surface area (Å²) in [5.41, 5.74) is 3.77. The summed E-state index contributed by atoms with van der Waals surface area (Å²) in [7, 11) is 0. The highest BCUT2D eigenvalue weighted by molar-refractivity contribution is 9.93. The Morgan fingerprint density at radius 2 is 0.853 bits per heavy atom. The van der Waals surface area contributed by atoms with E-state index in [1.165, 1.54) is 10.8 Å². The second kappa shape index (κ2) is 14.5. The third-order valence-electron chi connectivity index (χ3n) is 4.68. The molecule has 0 radical (unpaired) electrons. The van der Waals surface area contributed by atoms with Crippen LogP contribution in [0.15, 0.2) is 103 Å². The molecular formula is C26H20Br4Cl2O2. The Bertz CT molecular complexity index is 1370. The first kappa shape index (κ1) is 29.2. The van der Waals surface area contributed by atoms with Crippen LogP contribution in [-0.2, 0) is 0 Å². The van der Waals surface area contributed by atoms with Crippen molar-refractivity contribution in [2.45, 2.75) is 7.43 Å². The lowest BCUT2D eigenvalue weighted by Gasteiger charge is -1.91. The monoisotopic (exact) mass is 750 g/mol. The van der Waals surface area contributed by atoms with Crippen molar-refractivity contribution < 1.29 is 8.83 Å². The molecule has 0 atom stereocenters. The van der Waals surface area contributed by atoms with E-state index in [1.54, 1.807) is 0 Å². The lowest BCUT2D eigenvalue weighted by atomic mass is 10.2. The first-order chi connectivity index (χ1) is 16.1. The van der Waals surface area contributed by atoms with E-state index in [0.29, 0.717) is 0 Å². The molecule has 0 aliphatic carbocycles. The third kappa shape index (κ3) is 7.02. The zero-order valence-corrected chi connectivity index (χ0v) is 24.7. The summed E-state index contributed by atoms with van der Waals surface area (Å²) in [5.74, 6) is 0. The summed E-state index contributed by atoms with van der Waals surface area (Å²) in [5, 5.41) is 4.86. The van der Waals surface area contributed by atoms with Crippen molar-refractivity contribution >= 4 is 127 Å². The maximum Gasteiger partial charge on any atom is 0.135 e. The Morgan fingerprint density at radius 1 is 0.529 bits per heavy atom. The summed E-state index contributed by atoms with van der Waals surface area (Å²) in [6.45, 7) is 0. The van der Waals surface area contributed by atoms with Crippen molar-refractivity contribution in [3.05, 3.63) is 93.9 Å². The van der Waals surface area contributed by atoms with Crippen molar-refractivity contribution in [1.29, 1.82) is 0 Å². The molecule has 8 heteroatoms. The molecule has 0 unspecified atom stereocenters. The highest BCUT2D eigenvalue weighted by Gasteiger charge is 2.07. The fourth-order valence-corrected chi connectivity index (χ4v) is 4.12. The van der Waals surface area contributed by atoms with E-state index in [9.17, 15) is 0 Å². The van der Waals surface area contributed by atoms with Gasteiger partial charge in [-0.2, -0.15) is 0 Å². The number of hydrogen-bond donors (Lipinski definition) is 0. The summed E-state index contributed by atoms with van der Waals surface area (Å²) in [6.07, 6.45) is 0. The predicted octanol–water partition coefficient (Wildman–Crippen LogP) is 12.4. The Hall–Kier alpha value is -1.02. The third-order valence-corrected chi connectivity index (χ3v) is 5.66. The van der Waals surface area contributed by atoms with Crippen LogP contribution in [0.2, 0.25) is 0 Å². The van der Waals surface area contributed by atoms with Gasteiger partial charge in [0, 0.05) is 58.7 Å². The molecule has 0 aliphatic rings. The van der Waals surface area contributed by atoms with Crippen molar-refractivity contribution in [1.82, 2.24) is 0 Å². The number of furan rings is 2. The van der Waals surface area contributed by atoms with Gasteiger partial charge in [-0.1, -0.05) is 75.7 Å². The van der Waals surface area contributed by atoms with E-state index < -0.39 is 0 Å². The number of alkyl halides is 2. The number of rotatable bonds is 0. The van der Waals surface area contributed by atoms with Gasteiger partial charge in [-0.05, 0) is 48.5 Å². The molecule has 6 aromatic rings. The first-order valence-corrected chi connectivity index (χ1v) is 15.9. The smallest absolute Gasteiger partial charge is 0.135 e. The highest BCUT2D eigenvalue weighted by atomic mass is 80.9. The van der Waals surface area contributed by atoms with Crippen LogP contribution in [0, 0.1) is 0 Å². The van der Waals surface area contributed by atoms with E-state index in [2.05, 4.69) is 84.4 Å². The molecule has 178 valence electrons. The molecule has 0 N–H and O–H groups in total. The Labute approximate surface area is 240 Å². The van der Waals surface area contributed by atoms with Crippen LogP contribution in [0.4, 0.5) is 0 Å². The van der Waals surface area contributed by atoms with Gasteiger partial charge in [-0.25, -0.2) is 0 Å². The lowest BCUT2D eigenvalue weighted by molar-refractivity contribution is 0.668. The van der Waals surface area contributed by atoms with Gasteiger partial charge in [0.15, 0.2) is 0 Å². The fourth-order valence-electron chi connectivity index (χ4n) is 3.40. The Balaban J connectivity index is 0.000000199. The number of fused-ring (bicyclic) bond motifs is 6. The van der Waals surface area contributed by atoms with Gasteiger partial charge < -0.3 is 8.83 Å². The number of halogens is 6. The van der Waals surface area contributed by atoms with Crippen molar-refractivity contribution in [2.75, 3.05) is 5.34 Å². The van der Waals surface area contributed by atoms with Gasteiger partial charge in [0.05, 0.1) is 5.34 Å². The van der Waals surface area contributed by atoms with Crippen molar-refractivity contribution in [2.24, 2.45) is 0 Å². The highest BCUT2D eigenvalue weighted by Crippen LogP contribution is 2.32. The van der Waals surface area contributed by atoms with E-state index in [0.717, 1.165) is 42.0 Å². The number of benzene rings is 4. The van der Waals surface area contributed by atoms with Crippen LogP contribution >= 0.6 is 83.3 Å². The molecule has 2 heterocycles.